The molecule has 0 aromatic carbocycles. The van der Waals surface area contributed by atoms with Crippen LogP contribution in [0.15, 0.2) is 18.5 Å². The number of rotatable bonds is 7. The van der Waals surface area contributed by atoms with Gasteiger partial charge in [0.1, 0.15) is 5.82 Å². The van der Waals surface area contributed by atoms with Crippen molar-refractivity contribution in [1.82, 2.24) is 15.3 Å². The van der Waals surface area contributed by atoms with Gasteiger partial charge in [-0.2, -0.15) is 0 Å². The van der Waals surface area contributed by atoms with E-state index in [1.165, 1.54) is 0 Å². The average molecular weight is 209 g/mol. The molecule has 0 aliphatic carbocycles. The second kappa shape index (κ2) is 7.31. The van der Waals surface area contributed by atoms with Crippen LogP contribution >= 0.6 is 0 Å². The Morgan fingerprint density at radius 3 is 2.73 bits per heavy atom. The van der Waals surface area contributed by atoms with E-state index in [1.54, 1.807) is 12.4 Å². The summed E-state index contributed by atoms with van der Waals surface area (Å²) in [6.45, 7) is 7.39. The van der Waals surface area contributed by atoms with Crippen LogP contribution in [-0.2, 0) is 11.3 Å². The van der Waals surface area contributed by atoms with Crippen molar-refractivity contribution in [3.05, 3.63) is 24.3 Å². The van der Waals surface area contributed by atoms with Crippen LogP contribution in [0.2, 0.25) is 0 Å². The summed E-state index contributed by atoms with van der Waals surface area (Å²) < 4.78 is 5.43. The number of aromatic nitrogens is 2. The van der Waals surface area contributed by atoms with Gasteiger partial charge in [-0.25, -0.2) is 9.97 Å². The Kier molecular flexibility index (Phi) is 5.88. The van der Waals surface area contributed by atoms with E-state index in [0.717, 1.165) is 25.6 Å². The van der Waals surface area contributed by atoms with E-state index in [1.807, 2.05) is 6.07 Å². The van der Waals surface area contributed by atoms with Gasteiger partial charge in [0, 0.05) is 25.5 Å². The fourth-order valence-corrected chi connectivity index (χ4v) is 1.08. The third-order valence-electron chi connectivity index (χ3n) is 1.78. The Morgan fingerprint density at radius 2 is 2.07 bits per heavy atom. The predicted molar refractivity (Wildman–Crippen MR) is 59.4 cm³/mol. The van der Waals surface area contributed by atoms with Gasteiger partial charge in [0.2, 0.25) is 0 Å². The average Bonchev–Trinajstić information content (AvgIpc) is 2.24. The van der Waals surface area contributed by atoms with E-state index >= 15 is 0 Å². The molecule has 0 saturated heterocycles. The van der Waals surface area contributed by atoms with Gasteiger partial charge in [0.05, 0.1) is 13.2 Å². The molecule has 0 fully saturated rings. The van der Waals surface area contributed by atoms with Crippen molar-refractivity contribution in [2.24, 2.45) is 5.92 Å². The summed E-state index contributed by atoms with van der Waals surface area (Å²) in [6.07, 6.45) is 3.50. The van der Waals surface area contributed by atoms with E-state index in [9.17, 15) is 0 Å². The highest BCUT2D eigenvalue weighted by Crippen LogP contribution is 1.91. The summed E-state index contributed by atoms with van der Waals surface area (Å²) in [5.74, 6) is 1.42. The minimum Gasteiger partial charge on any atom is -0.380 e. The van der Waals surface area contributed by atoms with E-state index in [2.05, 4.69) is 29.1 Å². The Labute approximate surface area is 91.1 Å². The molecule has 0 saturated carbocycles. The summed E-state index contributed by atoms with van der Waals surface area (Å²) >= 11 is 0. The lowest BCUT2D eigenvalue weighted by Crippen LogP contribution is -2.21. The second-order valence-electron chi connectivity index (χ2n) is 3.81. The van der Waals surface area contributed by atoms with E-state index in [4.69, 9.17) is 4.74 Å². The first-order valence-electron chi connectivity index (χ1n) is 5.33. The van der Waals surface area contributed by atoms with Crippen LogP contribution in [0.4, 0.5) is 0 Å². The van der Waals surface area contributed by atoms with Gasteiger partial charge in [-0.05, 0) is 12.0 Å². The van der Waals surface area contributed by atoms with Crippen molar-refractivity contribution >= 4 is 0 Å². The van der Waals surface area contributed by atoms with E-state index in [0.29, 0.717) is 12.5 Å². The Hall–Kier alpha value is -1.00. The Balaban J connectivity index is 1.98. The maximum absolute atomic E-state index is 5.43. The monoisotopic (exact) mass is 209 g/mol. The molecule has 1 aromatic heterocycles. The Bertz CT molecular complexity index is 251. The molecule has 1 N–H and O–H groups in total. The molecule has 1 rings (SSSR count). The van der Waals surface area contributed by atoms with Crippen molar-refractivity contribution in [3.63, 3.8) is 0 Å². The summed E-state index contributed by atoms with van der Waals surface area (Å²) in [4.78, 5) is 8.22. The summed E-state index contributed by atoms with van der Waals surface area (Å²) in [5.41, 5.74) is 0. The van der Waals surface area contributed by atoms with Gasteiger partial charge in [-0.15, -0.1) is 0 Å². The van der Waals surface area contributed by atoms with Crippen molar-refractivity contribution in [2.45, 2.75) is 20.4 Å². The van der Waals surface area contributed by atoms with Gasteiger partial charge in [-0.1, -0.05) is 13.8 Å². The molecule has 1 aromatic rings. The molecule has 1 heterocycles. The third kappa shape index (κ3) is 6.14. The van der Waals surface area contributed by atoms with Gasteiger partial charge < -0.3 is 10.1 Å². The number of ether oxygens (including phenoxy) is 1. The first kappa shape index (κ1) is 12.1. The molecule has 15 heavy (non-hydrogen) atoms. The molecular weight excluding hydrogens is 190 g/mol. The zero-order valence-corrected chi connectivity index (χ0v) is 9.44. The lowest BCUT2D eigenvalue weighted by atomic mass is 10.2. The standard InChI is InChI=1S/C11H19N3O/c1-10(2)9-15-7-6-12-8-11-13-4-3-5-14-11/h3-5,10,12H,6-9H2,1-2H3. The van der Waals surface area contributed by atoms with E-state index in [-0.39, 0.29) is 0 Å². The third-order valence-corrected chi connectivity index (χ3v) is 1.78. The van der Waals surface area contributed by atoms with Gasteiger partial charge in [-0.3, -0.25) is 0 Å². The minimum absolute atomic E-state index is 0.599. The van der Waals surface area contributed by atoms with Crippen molar-refractivity contribution < 1.29 is 4.74 Å². The molecule has 0 unspecified atom stereocenters. The fraction of sp³-hybridized carbons (Fsp3) is 0.636. The molecule has 84 valence electrons. The lowest BCUT2D eigenvalue weighted by molar-refractivity contribution is 0.111. The normalized spacial score (nSPS) is 10.9. The largest absolute Gasteiger partial charge is 0.380 e. The van der Waals surface area contributed by atoms with Crippen LogP contribution in [0, 0.1) is 5.92 Å². The lowest BCUT2D eigenvalue weighted by Gasteiger charge is -2.07. The molecule has 0 aliphatic heterocycles. The summed E-state index contributed by atoms with van der Waals surface area (Å²) in [5, 5.41) is 3.23. The molecule has 0 amide bonds. The van der Waals surface area contributed by atoms with Crippen molar-refractivity contribution in [3.8, 4) is 0 Å². The highest BCUT2D eigenvalue weighted by Gasteiger charge is 1.95. The minimum atomic E-state index is 0.599. The van der Waals surface area contributed by atoms with Crippen LogP contribution < -0.4 is 5.32 Å². The molecule has 0 radical (unpaired) electrons. The van der Waals surface area contributed by atoms with Gasteiger partial charge in [0.25, 0.3) is 0 Å². The van der Waals surface area contributed by atoms with Gasteiger partial charge in [0.15, 0.2) is 0 Å². The number of nitrogens with one attached hydrogen (secondary N) is 1. The molecule has 4 heteroatoms. The summed E-state index contributed by atoms with van der Waals surface area (Å²) in [6, 6.07) is 1.81. The summed E-state index contributed by atoms with van der Waals surface area (Å²) in [7, 11) is 0. The highest BCUT2D eigenvalue weighted by atomic mass is 16.5. The quantitative estimate of drug-likeness (QED) is 0.686. The molecular formula is C11H19N3O. The van der Waals surface area contributed by atoms with E-state index < -0.39 is 0 Å². The van der Waals surface area contributed by atoms with Crippen LogP contribution in [0.25, 0.3) is 0 Å². The van der Waals surface area contributed by atoms with Crippen molar-refractivity contribution in [1.29, 1.82) is 0 Å². The second-order valence-corrected chi connectivity index (χ2v) is 3.81. The highest BCUT2D eigenvalue weighted by molar-refractivity contribution is 4.87. The zero-order valence-electron chi connectivity index (χ0n) is 9.44. The van der Waals surface area contributed by atoms with Crippen LogP contribution in [0.3, 0.4) is 0 Å². The number of hydrogen-bond donors (Lipinski definition) is 1. The predicted octanol–water partition coefficient (Wildman–Crippen LogP) is 1.24. The number of nitrogens with zero attached hydrogens (tertiary/aromatic N) is 2. The first-order chi connectivity index (χ1) is 7.29. The Morgan fingerprint density at radius 1 is 1.33 bits per heavy atom. The zero-order chi connectivity index (χ0) is 10.9. The van der Waals surface area contributed by atoms with Crippen LogP contribution in [0.1, 0.15) is 19.7 Å². The molecule has 4 nitrogen and oxygen atoms in total. The molecule has 0 atom stereocenters. The van der Waals surface area contributed by atoms with Crippen LogP contribution in [0.5, 0.6) is 0 Å². The molecule has 0 aliphatic rings. The number of hydrogen-bond acceptors (Lipinski definition) is 4. The fourth-order valence-electron chi connectivity index (χ4n) is 1.08. The maximum atomic E-state index is 5.43. The van der Waals surface area contributed by atoms with Gasteiger partial charge >= 0.3 is 0 Å². The molecule has 0 spiro atoms. The van der Waals surface area contributed by atoms with Crippen LogP contribution in [-0.4, -0.2) is 29.7 Å². The molecule has 0 bridgehead atoms. The topological polar surface area (TPSA) is 47.0 Å². The maximum Gasteiger partial charge on any atom is 0.141 e. The smallest absolute Gasteiger partial charge is 0.141 e. The first-order valence-corrected chi connectivity index (χ1v) is 5.33. The van der Waals surface area contributed by atoms with Crippen molar-refractivity contribution in [2.75, 3.05) is 19.8 Å². The SMILES string of the molecule is CC(C)COCCNCc1ncccn1.